The average Bonchev–Trinajstić information content (AvgIpc) is 3.01. The van der Waals surface area contributed by atoms with Crippen molar-refractivity contribution in [1.29, 1.82) is 0 Å². The van der Waals surface area contributed by atoms with Crippen LogP contribution in [0.2, 0.25) is 5.02 Å². The van der Waals surface area contributed by atoms with Gasteiger partial charge in [-0.05, 0) is 70.9 Å². The van der Waals surface area contributed by atoms with Crippen LogP contribution in [-0.4, -0.2) is 24.5 Å². The van der Waals surface area contributed by atoms with Gasteiger partial charge in [0.15, 0.2) is 17.3 Å². The van der Waals surface area contributed by atoms with Crippen molar-refractivity contribution in [3.05, 3.63) is 76.6 Å². The lowest BCUT2D eigenvalue weighted by atomic mass is 10.1. The summed E-state index contributed by atoms with van der Waals surface area (Å²) in [6.45, 7) is 2.37. The average molecular weight is 495 g/mol. The summed E-state index contributed by atoms with van der Waals surface area (Å²) in [6.07, 6.45) is 3.14. The van der Waals surface area contributed by atoms with Gasteiger partial charge < -0.3 is 14.5 Å². The molecular weight excluding hydrogens is 478 g/mol. The number of benzene rings is 2. The predicted octanol–water partition coefficient (Wildman–Crippen LogP) is 3.75. The summed E-state index contributed by atoms with van der Waals surface area (Å²) in [6, 6.07) is 10.2. The Morgan fingerprint density at radius 2 is 2.00 bits per heavy atom. The summed E-state index contributed by atoms with van der Waals surface area (Å²) in [5, 5.41) is 0.556. The van der Waals surface area contributed by atoms with Crippen LogP contribution in [0.15, 0.2) is 45.7 Å². The van der Waals surface area contributed by atoms with Crippen molar-refractivity contribution < 1.29 is 14.3 Å². The molecule has 0 saturated carbocycles. The predicted molar refractivity (Wildman–Crippen MR) is 120 cm³/mol. The Kier molecular flexibility index (Phi) is 6.95. The molecule has 3 aromatic rings. The van der Waals surface area contributed by atoms with Crippen molar-refractivity contribution in [2.45, 2.75) is 6.92 Å². The number of Topliss-reactive ketones (excluding diaryl/α,β-unsaturated/α-hetero) is 1. The molecule has 0 aliphatic rings. The van der Waals surface area contributed by atoms with Crippen LogP contribution in [0.3, 0.4) is 0 Å². The highest BCUT2D eigenvalue weighted by atomic mass is 79.9. The molecule has 3 rings (SSSR count). The Hall–Kier alpha value is -2.35. The largest absolute Gasteiger partial charge is 0.492 e. The number of aromatic nitrogens is 1. The van der Waals surface area contributed by atoms with E-state index in [2.05, 4.69) is 20.9 Å². The van der Waals surface area contributed by atoms with Crippen LogP contribution in [0.4, 0.5) is 0 Å². The fourth-order valence-electron chi connectivity index (χ4n) is 2.62. The van der Waals surface area contributed by atoms with E-state index in [1.54, 1.807) is 43.5 Å². The van der Waals surface area contributed by atoms with Crippen molar-refractivity contribution in [3.63, 3.8) is 0 Å². The molecule has 0 radical (unpaired) electrons. The number of methoxy groups -OCH3 is 1. The maximum Gasteiger partial charge on any atom is 0.266 e. The molecule has 1 aromatic heterocycles. The number of thiazole rings is 1. The van der Waals surface area contributed by atoms with Crippen LogP contribution < -0.4 is 24.2 Å². The molecule has 0 atom stereocenters. The number of carbonyl (C=O) groups excluding carboxylic acids is 1. The van der Waals surface area contributed by atoms with Gasteiger partial charge in [-0.3, -0.25) is 9.59 Å². The second-order valence-electron chi connectivity index (χ2n) is 5.91. The Bertz CT molecular complexity index is 1210. The minimum atomic E-state index is -0.268. The maximum absolute atomic E-state index is 12.4. The number of hydrogen-bond donors (Lipinski definition) is 1. The number of aromatic amines is 1. The molecule has 2 aromatic carbocycles. The maximum atomic E-state index is 12.4. The van der Waals surface area contributed by atoms with Crippen molar-refractivity contribution in [2.75, 3.05) is 13.7 Å². The normalized spacial score (nSPS) is 12.3. The molecule has 0 bridgehead atoms. The highest BCUT2D eigenvalue weighted by molar-refractivity contribution is 9.10. The van der Waals surface area contributed by atoms with Crippen molar-refractivity contribution in [1.82, 2.24) is 4.98 Å². The third-order valence-corrected chi connectivity index (χ3v) is 5.71. The third-order valence-electron chi connectivity index (χ3n) is 3.90. The molecule has 1 N–H and O–H groups in total. The zero-order chi connectivity index (χ0) is 21.0. The Morgan fingerprint density at radius 3 is 2.66 bits per heavy atom. The SMILES string of the molecule is CCOc1cc(/C=c2\s/c(=C\C(=O)c3ccc(Cl)cc3)[nH]c2=O)cc(Br)c1OC. The summed E-state index contributed by atoms with van der Waals surface area (Å²) in [7, 11) is 1.57. The summed E-state index contributed by atoms with van der Waals surface area (Å²) < 4.78 is 12.6. The minimum Gasteiger partial charge on any atom is -0.492 e. The minimum absolute atomic E-state index is 0.212. The molecular formula is C21H17BrClNO4S. The van der Waals surface area contributed by atoms with Gasteiger partial charge in [0.05, 0.1) is 27.4 Å². The molecule has 0 spiro atoms. The smallest absolute Gasteiger partial charge is 0.266 e. The number of H-pyrrole nitrogens is 1. The van der Waals surface area contributed by atoms with Gasteiger partial charge in [0, 0.05) is 16.7 Å². The zero-order valence-electron chi connectivity index (χ0n) is 15.6. The fourth-order valence-corrected chi connectivity index (χ4v) is 4.26. The summed E-state index contributed by atoms with van der Waals surface area (Å²) in [4.78, 5) is 27.4. The van der Waals surface area contributed by atoms with E-state index in [0.29, 0.717) is 37.9 Å². The van der Waals surface area contributed by atoms with E-state index in [1.165, 1.54) is 17.4 Å². The van der Waals surface area contributed by atoms with Crippen LogP contribution in [0.1, 0.15) is 22.8 Å². The van der Waals surface area contributed by atoms with Crippen LogP contribution in [-0.2, 0) is 0 Å². The number of hydrogen-bond acceptors (Lipinski definition) is 5. The Morgan fingerprint density at radius 1 is 1.28 bits per heavy atom. The molecule has 0 aliphatic heterocycles. The van der Waals surface area contributed by atoms with Crippen LogP contribution in [0.5, 0.6) is 11.5 Å². The van der Waals surface area contributed by atoms with Gasteiger partial charge in [0.25, 0.3) is 5.56 Å². The van der Waals surface area contributed by atoms with Gasteiger partial charge in [-0.15, -0.1) is 11.3 Å². The lowest BCUT2D eigenvalue weighted by Crippen LogP contribution is -2.20. The van der Waals surface area contributed by atoms with Gasteiger partial charge in [-0.25, -0.2) is 0 Å². The summed E-state index contributed by atoms with van der Waals surface area (Å²) in [5.74, 6) is 0.955. The molecule has 1 heterocycles. The molecule has 0 saturated heterocycles. The van der Waals surface area contributed by atoms with E-state index >= 15 is 0 Å². The zero-order valence-corrected chi connectivity index (χ0v) is 18.8. The van der Waals surface area contributed by atoms with Crippen LogP contribution in [0.25, 0.3) is 12.2 Å². The van der Waals surface area contributed by atoms with Gasteiger partial charge in [-0.1, -0.05) is 11.6 Å². The number of halogens is 2. The number of rotatable bonds is 6. The first-order valence-electron chi connectivity index (χ1n) is 8.64. The molecule has 0 unspecified atom stereocenters. The van der Waals surface area contributed by atoms with Crippen molar-refractivity contribution >= 4 is 56.8 Å². The standard InChI is InChI=1S/C21H17BrClNO4S/c1-3-28-17-9-12(8-15(22)20(17)27-2)10-18-21(26)24-19(29-18)11-16(25)13-4-6-14(23)7-5-13/h4-11H,3H2,1-2H3,(H,24,26)/b18-10-,19-11-. The lowest BCUT2D eigenvalue weighted by Gasteiger charge is -2.11. The van der Waals surface area contributed by atoms with Gasteiger partial charge in [0.2, 0.25) is 0 Å². The van der Waals surface area contributed by atoms with E-state index in [-0.39, 0.29) is 11.3 Å². The molecule has 29 heavy (non-hydrogen) atoms. The van der Waals surface area contributed by atoms with Crippen LogP contribution in [0, 0.1) is 0 Å². The monoisotopic (exact) mass is 493 g/mol. The molecule has 150 valence electrons. The summed E-state index contributed by atoms with van der Waals surface area (Å²) in [5.41, 5.74) is 0.994. The number of carbonyl (C=O) groups is 1. The molecule has 8 heteroatoms. The number of ether oxygens (including phenoxy) is 2. The quantitative estimate of drug-likeness (QED) is 0.530. The second-order valence-corrected chi connectivity index (χ2v) is 8.29. The van der Waals surface area contributed by atoms with E-state index in [4.69, 9.17) is 21.1 Å². The number of ketones is 1. The lowest BCUT2D eigenvalue weighted by molar-refractivity contribution is 0.106. The molecule has 5 nitrogen and oxygen atoms in total. The Labute approximate surface area is 184 Å². The molecule has 0 fully saturated rings. The van der Waals surface area contributed by atoms with Crippen molar-refractivity contribution in [2.24, 2.45) is 0 Å². The van der Waals surface area contributed by atoms with E-state index in [9.17, 15) is 9.59 Å². The first-order valence-corrected chi connectivity index (χ1v) is 10.6. The van der Waals surface area contributed by atoms with Gasteiger partial charge in [-0.2, -0.15) is 0 Å². The van der Waals surface area contributed by atoms with E-state index < -0.39 is 0 Å². The highest BCUT2D eigenvalue weighted by Gasteiger charge is 2.10. The van der Waals surface area contributed by atoms with Gasteiger partial charge >= 0.3 is 0 Å². The third kappa shape index (κ3) is 5.18. The fraction of sp³-hybridized carbons (Fsp3) is 0.143. The Balaban J connectivity index is 2.00. The van der Waals surface area contributed by atoms with Crippen LogP contribution >= 0.6 is 38.9 Å². The number of nitrogens with one attached hydrogen (secondary N) is 1. The van der Waals surface area contributed by atoms with Gasteiger partial charge in [0.1, 0.15) is 0 Å². The first kappa shape index (κ1) is 21.4. The topological polar surface area (TPSA) is 68.4 Å². The highest BCUT2D eigenvalue weighted by Crippen LogP contribution is 2.36. The molecule has 0 amide bonds. The summed E-state index contributed by atoms with van der Waals surface area (Å²) >= 11 is 10.5. The van der Waals surface area contributed by atoms with Crippen molar-refractivity contribution in [3.8, 4) is 11.5 Å². The second kappa shape index (κ2) is 9.43. The first-order chi connectivity index (χ1) is 13.9. The van der Waals surface area contributed by atoms with E-state index in [1.807, 2.05) is 13.0 Å². The molecule has 0 aliphatic carbocycles. The van der Waals surface area contributed by atoms with E-state index in [0.717, 1.165) is 10.0 Å².